The predicted octanol–water partition coefficient (Wildman–Crippen LogP) is 1.29. The first-order chi connectivity index (χ1) is 9.69. The van der Waals surface area contributed by atoms with Crippen molar-refractivity contribution in [2.75, 3.05) is 7.11 Å². The fraction of sp³-hybridized carbons (Fsp3) is 0.615. The van der Waals surface area contributed by atoms with Crippen LogP contribution in [0.15, 0.2) is 16.9 Å². The van der Waals surface area contributed by atoms with Gasteiger partial charge in [-0.2, -0.15) is 4.98 Å². The van der Waals surface area contributed by atoms with E-state index in [9.17, 15) is 0 Å². The highest BCUT2D eigenvalue weighted by molar-refractivity contribution is 4.89. The van der Waals surface area contributed by atoms with Crippen LogP contribution in [0.2, 0.25) is 0 Å². The number of methoxy groups -OCH3 is 1. The molecule has 110 valence electrons. The van der Waals surface area contributed by atoms with Crippen LogP contribution in [0.25, 0.3) is 0 Å². The van der Waals surface area contributed by atoms with Crippen LogP contribution in [-0.4, -0.2) is 32.8 Å². The third-order valence-electron chi connectivity index (χ3n) is 3.11. The Morgan fingerprint density at radius 3 is 3.05 bits per heavy atom. The molecule has 2 rings (SSSR count). The number of aromatic nitrogens is 4. The average Bonchev–Trinajstić information content (AvgIpc) is 3.04. The molecule has 0 aliphatic heterocycles. The molecular formula is C13H21N5O2. The minimum atomic E-state index is 0.356. The van der Waals surface area contributed by atoms with Crippen molar-refractivity contribution in [1.29, 1.82) is 0 Å². The van der Waals surface area contributed by atoms with E-state index in [0.29, 0.717) is 30.9 Å². The smallest absolute Gasteiger partial charge is 0.240 e. The highest BCUT2D eigenvalue weighted by atomic mass is 16.5. The topological polar surface area (TPSA) is 78.0 Å². The normalized spacial score (nSPS) is 12.8. The molecule has 1 atom stereocenters. The van der Waals surface area contributed by atoms with Crippen LogP contribution < -0.4 is 5.32 Å². The molecule has 0 spiro atoms. The molecule has 7 nitrogen and oxygen atoms in total. The first-order valence-electron chi connectivity index (χ1n) is 6.70. The number of hydrogen-bond acceptors (Lipinski definition) is 6. The maximum Gasteiger partial charge on any atom is 0.240 e. The number of ether oxygens (including phenoxy) is 1. The van der Waals surface area contributed by atoms with E-state index in [4.69, 9.17) is 9.26 Å². The van der Waals surface area contributed by atoms with Gasteiger partial charge in [-0.1, -0.05) is 5.16 Å². The fourth-order valence-electron chi connectivity index (χ4n) is 1.89. The largest absolute Gasteiger partial charge is 0.377 e. The highest BCUT2D eigenvalue weighted by Crippen LogP contribution is 2.02. The number of rotatable bonds is 8. The van der Waals surface area contributed by atoms with E-state index in [0.717, 1.165) is 18.8 Å². The summed E-state index contributed by atoms with van der Waals surface area (Å²) in [6, 6.07) is 0.356. The summed E-state index contributed by atoms with van der Waals surface area (Å²) in [5.74, 6) is 2.20. The Morgan fingerprint density at radius 1 is 1.50 bits per heavy atom. The molecule has 2 aromatic heterocycles. The molecule has 1 N–H and O–H groups in total. The SMILES string of the molecule is COCc1noc(CN[C@H](C)CCn2ccnc2C)n1. The van der Waals surface area contributed by atoms with Gasteiger partial charge in [0.1, 0.15) is 12.4 Å². The zero-order valence-electron chi connectivity index (χ0n) is 12.2. The molecule has 0 saturated carbocycles. The van der Waals surface area contributed by atoms with Crippen molar-refractivity contribution in [3.8, 4) is 0 Å². The summed E-state index contributed by atoms with van der Waals surface area (Å²) in [7, 11) is 1.61. The zero-order valence-corrected chi connectivity index (χ0v) is 12.2. The molecule has 7 heteroatoms. The van der Waals surface area contributed by atoms with Crippen LogP contribution in [0.5, 0.6) is 0 Å². The van der Waals surface area contributed by atoms with E-state index in [1.165, 1.54) is 0 Å². The first-order valence-corrected chi connectivity index (χ1v) is 6.70. The van der Waals surface area contributed by atoms with E-state index < -0.39 is 0 Å². The van der Waals surface area contributed by atoms with Gasteiger partial charge >= 0.3 is 0 Å². The Morgan fingerprint density at radius 2 is 2.35 bits per heavy atom. The van der Waals surface area contributed by atoms with Crippen LogP contribution in [-0.2, 0) is 24.4 Å². The Bertz CT molecular complexity index is 522. The lowest BCUT2D eigenvalue weighted by Gasteiger charge is -2.13. The lowest BCUT2D eigenvalue weighted by Crippen LogP contribution is -2.27. The molecule has 2 heterocycles. The molecule has 0 aliphatic carbocycles. The van der Waals surface area contributed by atoms with Crippen LogP contribution in [0, 0.1) is 6.92 Å². The molecule has 0 radical (unpaired) electrons. The minimum absolute atomic E-state index is 0.356. The van der Waals surface area contributed by atoms with Gasteiger partial charge in [0.05, 0.1) is 6.54 Å². The Balaban J connectivity index is 1.71. The number of imidazole rings is 1. The first kappa shape index (κ1) is 14.7. The number of hydrogen-bond donors (Lipinski definition) is 1. The lowest BCUT2D eigenvalue weighted by atomic mass is 10.2. The standard InChI is InChI=1S/C13H21N5O2/c1-10(4-6-18-7-5-14-11(18)2)15-8-13-16-12(9-19-3)17-20-13/h5,7,10,15H,4,6,8-9H2,1-3H3/t10-/m1/s1. The van der Waals surface area contributed by atoms with Gasteiger partial charge in [0.15, 0.2) is 5.82 Å². The van der Waals surface area contributed by atoms with Gasteiger partial charge in [0.2, 0.25) is 5.89 Å². The van der Waals surface area contributed by atoms with Crippen molar-refractivity contribution >= 4 is 0 Å². The van der Waals surface area contributed by atoms with Crippen molar-refractivity contribution in [3.05, 3.63) is 29.9 Å². The summed E-state index contributed by atoms with van der Waals surface area (Å²) < 4.78 is 12.2. The molecule has 0 bridgehead atoms. The second-order valence-electron chi connectivity index (χ2n) is 4.78. The summed E-state index contributed by atoms with van der Waals surface area (Å²) in [5.41, 5.74) is 0. The predicted molar refractivity (Wildman–Crippen MR) is 72.9 cm³/mol. The molecule has 0 aromatic carbocycles. The molecular weight excluding hydrogens is 258 g/mol. The van der Waals surface area contributed by atoms with Crippen molar-refractivity contribution in [1.82, 2.24) is 25.0 Å². The van der Waals surface area contributed by atoms with Gasteiger partial charge in [0, 0.05) is 32.1 Å². The molecule has 2 aromatic rings. The third-order valence-corrected chi connectivity index (χ3v) is 3.11. The van der Waals surface area contributed by atoms with E-state index in [1.807, 2.05) is 19.3 Å². The van der Waals surface area contributed by atoms with Gasteiger partial charge in [-0.3, -0.25) is 0 Å². The summed E-state index contributed by atoms with van der Waals surface area (Å²) >= 11 is 0. The van der Waals surface area contributed by atoms with Crippen molar-refractivity contribution < 1.29 is 9.26 Å². The van der Waals surface area contributed by atoms with Gasteiger partial charge < -0.3 is 19.1 Å². The van der Waals surface area contributed by atoms with Crippen molar-refractivity contribution in [2.45, 2.75) is 46.0 Å². The summed E-state index contributed by atoms with van der Waals surface area (Å²) in [4.78, 5) is 8.42. The number of aryl methyl sites for hydroxylation is 2. The van der Waals surface area contributed by atoms with Gasteiger partial charge in [-0.05, 0) is 20.3 Å². The van der Waals surface area contributed by atoms with Gasteiger partial charge in [0.25, 0.3) is 0 Å². The number of nitrogens with one attached hydrogen (secondary N) is 1. The Kier molecular flexibility index (Phi) is 5.25. The third kappa shape index (κ3) is 4.14. The molecule has 0 aliphatic rings. The Hall–Kier alpha value is -1.73. The van der Waals surface area contributed by atoms with Crippen molar-refractivity contribution in [2.24, 2.45) is 0 Å². The maximum absolute atomic E-state index is 5.12. The second kappa shape index (κ2) is 7.16. The van der Waals surface area contributed by atoms with E-state index in [-0.39, 0.29) is 0 Å². The van der Waals surface area contributed by atoms with Gasteiger partial charge in [-0.25, -0.2) is 4.98 Å². The van der Waals surface area contributed by atoms with E-state index in [1.54, 1.807) is 7.11 Å². The fourth-order valence-corrected chi connectivity index (χ4v) is 1.89. The van der Waals surface area contributed by atoms with Gasteiger partial charge in [-0.15, -0.1) is 0 Å². The van der Waals surface area contributed by atoms with Crippen LogP contribution >= 0.6 is 0 Å². The maximum atomic E-state index is 5.12. The summed E-state index contributed by atoms with van der Waals surface area (Å²) in [6.07, 6.45) is 4.83. The van der Waals surface area contributed by atoms with Crippen LogP contribution in [0.3, 0.4) is 0 Å². The van der Waals surface area contributed by atoms with Crippen LogP contribution in [0.1, 0.15) is 30.9 Å². The van der Waals surface area contributed by atoms with E-state index in [2.05, 4.69) is 31.9 Å². The summed E-state index contributed by atoms with van der Waals surface area (Å²) in [6.45, 7) is 6.03. The average molecular weight is 279 g/mol. The lowest BCUT2D eigenvalue weighted by molar-refractivity contribution is 0.174. The second-order valence-corrected chi connectivity index (χ2v) is 4.78. The van der Waals surface area contributed by atoms with Crippen LogP contribution in [0.4, 0.5) is 0 Å². The van der Waals surface area contributed by atoms with E-state index >= 15 is 0 Å². The molecule has 0 saturated heterocycles. The molecule has 20 heavy (non-hydrogen) atoms. The molecule has 0 unspecified atom stereocenters. The number of nitrogens with zero attached hydrogens (tertiary/aromatic N) is 4. The van der Waals surface area contributed by atoms with Crippen molar-refractivity contribution in [3.63, 3.8) is 0 Å². The molecule has 0 fully saturated rings. The quantitative estimate of drug-likeness (QED) is 0.784. The Labute approximate surface area is 118 Å². The summed E-state index contributed by atoms with van der Waals surface area (Å²) in [5, 5.41) is 7.18. The minimum Gasteiger partial charge on any atom is -0.377 e. The highest BCUT2D eigenvalue weighted by Gasteiger charge is 2.08. The zero-order chi connectivity index (χ0) is 14.4. The molecule has 0 amide bonds. The monoisotopic (exact) mass is 279 g/mol.